The van der Waals surface area contributed by atoms with Gasteiger partial charge in [-0.1, -0.05) is 24.3 Å². The van der Waals surface area contributed by atoms with Crippen molar-refractivity contribution in [1.82, 2.24) is 14.9 Å². The molecule has 1 aliphatic rings. The summed E-state index contributed by atoms with van der Waals surface area (Å²) in [5.74, 6) is -0.121. The van der Waals surface area contributed by atoms with E-state index in [1.807, 2.05) is 18.2 Å². The summed E-state index contributed by atoms with van der Waals surface area (Å²) in [5, 5.41) is 2.91. The molecule has 0 radical (unpaired) electrons. The van der Waals surface area contributed by atoms with E-state index in [0.717, 1.165) is 30.5 Å². The van der Waals surface area contributed by atoms with Crippen LogP contribution in [-0.4, -0.2) is 45.5 Å². The summed E-state index contributed by atoms with van der Waals surface area (Å²) in [6, 6.07) is 12.8. The van der Waals surface area contributed by atoms with Gasteiger partial charge in [-0.25, -0.2) is 13.1 Å². The van der Waals surface area contributed by atoms with Crippen molar-refractivity contribution in [2.24, 2.45) is 0 Å². The lowest BCUT2D eigenvalue weighted by Gasteiger charge is -2.22. The number of benzene rings is 2. The molecule has 0 aromatic heterocycles. The van der Waals surface area contributed by atoms with Gasteiger partial charge in [0.25, 0.3) is 5.91 Å². The van der Waals surface area contributed by atoms with Crippen LogP contribution in [0.2, 0.25) is 0 Å². The average molecular weight is 446 g/mol. The third-order valence-corrected chi connectivity index (χ3v) is 7.02. The van der Waals surface area contributed by atoms with Crippen LogP contribution in [0.5, 0.6) is 5.75 Å². The van der Waals surface area contributed by atoms with Crippen molar-refractivity contribution < 1.29 is 17.9 Å². The number of amides is 1. The van der Waals surface area contributed by atoms with Gasteiger partial charge in [-0.2, -0.15) is 0 Å². The Labute approximate surface area is 184 Å². The molecular weight excluding hydrogens is 414 g/mol. The number of methoxy groups -OCH3 is 1. The van der Waals surface area contributed by atoms with Gasteiger partial charge in [-0.15, -0.1) is 0 Å². The van der Waals surface area contributed by atoms with E-state index < -0.39 is 10.0 Å². The minimum atomic E-state index is -3.75. The summed E-state index contributed by atoms with van der Waals surface area (Å²) in [7, 11) is -0.274. The Balaban J connectivity index is 1.75. The number of ether oxygens (including phenoxy) is 1. The summed E-state index contributed by atoms with van der Waals surface area (Å²) >= 11 is 0. The van der Waals surface area contributed by atoms with Gasteiger partial charge in [0.15, 0.2) is 0 Å². The Morgan fingerprint density at radius 1 is 1.16 bits per heavy atom. The van der Waals surface area contributed by atoms with E-state index in [1.165, 1.54) is 19.2 Å². The molecule has 2 aromatic rings. The van der Waals surface area contributed by atoms with Crippen molar-refractivity contribution in [3.05, 3.63) is 59.2 Å². The van der Waals surface area contributed by atoms with Gasteiger partial charge in [-0.05, 0) is 63.1 Å². The lowest BCUT2D eigenvalue weighted by Crippen LogP contribution is -2.28. The number of hydrogen-bond acceptors (Lipinski definition) is 5. The number of rotatable bonds is 10. The smallest absolute Gasteiger partial charge is 0.251 e. The van der Waals surface area contributed by atoms with E-state index in [9.17, 15) is 13.2 Å². The molecule has 168 valence electrons. The minimum Gasteiger partial charge on any atom is -0.495 e. The summed E-state index contributed by atoms with van der Waals surface area (Å²) in [6.07, 6.45) is 1.65. The predicted molar refractivity (Wildman–Crippen MR) is 121 cm³/mol. The van der Waals surface area contributed by atoms with E-state index in [1.54, 1.807) is 6.07 Å². The molecule has 3 rings (SSSR count). The SMILES string of the molecule is COc1ccc(C(=O)NCc2ccccc2CN(C)C(C)C)cc1S(=O)(=O)NC1CC1. The van der Waals surface area contributed by atoms with Gasteiger partial charge in [0.2, 0.25) is 10.0 Å². The number of hydrogen-bond donors (Lipinski definition) is 2. The van der Waals surface area contributed by atoms with Crippen molar-refractivity contribution in [2.75, 3.05) is 14.2 Å². The number of nitrogens with zero attached hydrogens (tertiary/aromatic N) is 1. The molecule has 0 atom stereocenters. The zero-order valence-electron chi connectivity index (χ0n) is 18.5. The molecule has 1 saturated carbocycles. The van der Waals surface area contributed by atoms with Crippen LogP contribution in [0.25, 0.3) is 0 Å². The van der Waals surface area contributed by atoms with Crippen LogP contribution in [0.1, 0.15) is 48.2 Å². The summed E-state index contributed by atoms with van der Waals surface area (Å²) in [4.78, 5) is 15.0. The van der Waals surface area contributed by atoms with Crippen molar-refractivity contribution >= 4 is 15.9 Å². The molecule has 1 amide bonds. The number of carbonyl (C=O) groups is 1. The fourth-order valence-corrected chi connectivity index (χ4v) is 4.62. The first kappa shape index (κ1) is 23.2. The monoisotopic (exact) mass is 445 g/mol. The van der Waals surface area contributed by atoms with E-state index in [4.69, 9.17) is 4.74 Å². The summed E-state index contributed by atoms with van der Waals surface area (Å²) in [6.45, 7) is 5.41. The van der Waals surface area contributed by atoms with Gasteiger partial charge >= 0.3 is 0 Å². The van der Waals surface area contributed by atoms with Crippen LogP contribution in [0.3, 0.4) is 0 Å². The van der Waals surface area contributed by atoms with E-state index in [2.05, 4.69) is 41.9 Å². The maximum absolute atomic E-state index is 12.8. The lowest BCUT2D eigenvalue weighted by molar-refractivity contribution is 0.0950. The Kier molecular flexibility index (Phi) is 7.35. The quantitative estimate of drug-likeness (QED) is 0.587. The van der Waals surface area contributed by atoms with Gasteiger partial charge < -0.3 is 10.1 Å². The first-order chi connectivity index (χ1) is 14.7. The standard InChI is InChI=1S/C23H31N3O4S/c1-16(2)26(3)15-19-8-6-5-7-18(19)14-24-23(27)17-9-12-21(30-4)22(13-17)31(28,29)25-20-10-11-20/h5-9,12-13,16,20,25H,10-11,14-15H2,1-4H3,(H,24,27). The molecule has 0 heterocycles. The molecular formula is C23H31N3O4S. The largest absolute Gasteiger partial charge is 0.495 e. The summed E-state index contributed by atoms with van der Waals surface area (Å²) < 4.78 is 33.2. The van der Waals surface area contributed by atoms with Crippen molar-refractivity contribution in [3.63, 3.8) is 0 Å². The zero-order valence-corrected chi connectivity index (χ0v) is 19.3. The Bertz CT molecular complexity index is 1030. The van der Waals surface area contributed by atoms with Crippen molar-refractivity contribution in [2.45, 2.75) is 56.8 Å². The second kappa shape index (κ2) is 9.80. The van der Waals surface area contributed by atoms with Crippen LogP contribution < -0.4 is 14.8 Å². The second-order valence-corrected chi connectivity index (χ2v) is 9.90. The molecule has 31 heavy (non-hydrogen) atoms. The highest BCUT2D eigenvalue weighted by molar-refractivity contribution is 7.89. The molecule has 1 fully saturated rings. The van der Waals surface area contributed by atoms with Gasteiger partial charge in [0.05, 0.1) is 7.11 Å². The number of nitrogens with one attached hydrogen (secondary N) is 2. The van der Waals surface area contributed by atoms with Crippen LogP contribution in [0.15, 0.2) is 47.4 Å². The average Bonchev–Trinajstić information content (AvgIpc) is 3.55. The molecule has 0 unspecified atom stereocenters. The number of carbonyl (C=O) groups excluding carboxylic acids is 1. The molecule has 0 aliphatic heterocycles. The van der Waals surface area contributed by atoms with E-state index in [0.29, 0.717) is 12.6 Å². The van der Waals surface area contributed by atoms with Crippen LogP contribution in [-0.2, 0) is 23.1 Å². The first-order valence-electron chi connectivity index (χ1n) is 10.5. The third-order valence-electron chi connectivity index (χ3n) is 5.47. The lowest BCUT2D eigenvalue weighted by atomic mass is 10.1. The highest BCUT2D eigenvalue weighted by Gasteiger charge is 2.30. The summed E-state index contributed by atoms with van der Waals surface area (Å²) in [5.41, 5.74) is 2.44. The van der Waals surface area contributed by atoms with E-state index in [-0.39, 0.29) is 28.2 Å². The second-order valence-electron chi connectivity index (χ2n) is 8.22. The normalized spacial score (nSPS) is 14.1. The highest BCUT2D eigenvalue weighted by Crippen LogP contribution is 2.28. The van der Waals surface area contributed by atoms with Crippen LogP contribution >= 0.6 is 0 Å². The van der Waals surface area contributed by atoms with Crippen LogP contribution in [0, 0.1) is 0 Å². The minimum absolute atomic E-state index is 0.0199. The van der Waals surface area contributed by atoms with E-state index >= 15 is 0 Å². The molecule has 2 aromatic carbocycles. The molecule has 0 bridgehead atoms. The third kappa shape index (κ3) is 6.06. The topological polar surface area (TPSA) is 87.7 Å². The molecule has 0 spiro atoms. The maximum atomic E-state index is 12.8. The molecule has 1 aliphatic carbocycles. The maximum Gasteiger partial charge on any atom is 0.251 e. The van der Waals surface area contributed by atoms with Gasteiger partial charge in [0, 0.05) is 30.7 Å². The first-order valence-corrected chi connectivity index (χ1v) is 11.9. The molecule has 0 saturated heterocycles. The zero-order chi connectivity index (χ0) is 22.6. The Hall–Kier alpha value is -2.42. The van der Waals surface area contributed by atoms with Crippen LogP contribution in [0.4, 0.5) is 0 Å². The van der Waals surface area contributed by atoms with Gasteiger partial charge in [-0.3, -0.25) is 9.69 Å². The fourth-order valence-electron chi connectivity index (χ4n) is 3.13. The number of sulfonamides is 1. The van der Waals surface area contributed by atoms with Gasteiger partial charge in [0.1, 0.15) is 10.6 Å². The predicted octanol–water partition coefficient (Wildman–Crippen LogP) is 2.91. The fraction of sp³-hybridized carbons (Fsp3) is 0.435. The molecule has 2 N–H and O–H groups in total. The van der Waals surface area contributed by atoms with Crippen molar-refractivity contribution in [1.29, 1.82) is 0 Å². The molecule has 8 heteroatoms. The highest BCUT2D eigenvalue weighted by atomic mass is 32.2. The van der Waals surface area contributed by atoms with Crippen molar-refractivity contribution in [3.8, 4) is 5.75 Å². The molecule has 7 nitrogen and oxygen atoms in total. The Morgan fingerprint density at radius 3 is 2.45 bits per heavy atom. The Morgan fingerprint density at radius 2 is 1.84 bits per heavy atom.